The van der Waals surface area contributed by atoms with E-state index in [0.29, 0.717) is 11.3 Å². The number of para-hydroxylation sites is 1. The van der Waals surface area contributed by atoms with Crippen molar-refractivity contribution in [1.29, 1.82) is 0 Å². The molecule has 0 bridgehead atoms. The van der Waals surface area contributed by atoms with Crippen LogP contribution in [0, 0.1) is 13.8 Å². The van der Waals surface area contributed by atoms with Gasteiger partial charge in [0.25, 0.3) is 11.8 Å². The second kappa shape index (κ2) is 7.95. The normalized spacial score (nSPS) is 10.6. The van der Waals surface area contributed by atoms with Gasteiger partial charge in [-0.05, 0) is 55.7 Å². The van der Waals surface area contributed by atoms with Crippen molar-refractivity contribution in [2.75, 3.05) is 6.61 Å². The van der Waals surface area contributed by atoms with Gasteiger partial charge in [0.15, 0.2) is 6.61 Å². The molecule has 0 fully saturated rings. The van der Waals surface area contributed by atoms with Gasteiger partial charge in [-0.25, -0.2) is 0 Å². The molecule has 3 rings (SSSR count). The van der Waals surface area contributed by atoms with E-state index in [2.05, 4.69) is 15.8 Å². The number of ether oxygens (including phenoxy) is 1. The molecule has 6 nitrogen and oxygen atoms in total. The Morgan fingerprint density at radius 2 is 1.85 bits per heavy atom. The molecule has 0 spiro atoms. The van der Waals surface area contributed by atoms with E-state index >= 15 is 0 Å². The SMILES string of the molecule is CCc1ccccc1OCC(=O)NNC(=O)c1ccc2[nH]c(C)c(C)c2c1. The molecular weight excluding hydrogens is 342 g/mol. The standard InChI is InChI=1S/C21H23N3O3/c1-4-15-7-5-6-8-19(15)27-12-20(25)23-24-21(26)16-9-10-18-17(11-16)13(2)14(3)22-18/h5-11,22H,4,12H2,1-3H3,(H,23,25)(H,24,26). The average molecular weight is 365 g/mol. The second-order valence-electron chi connectivity index (χ2n) is 6.39. The zero-order valence-electron chi connectivity index (χ0n) is 15.7. The molecule has 0 saturated heterocycles. The van der Waals surface area contributed by atoms with Gasteiger partial charge in [-0.15, -0.1) is 0 Å². The molecule has 2 aromatic carbocycles. The Labute approximate surface area is 157 Å². The van der Waals surface area contributed by atoms with Crippen molar-refractivity contribution in [3.63, 3.8) is 0 Å². The number of H-pyrrole nitrogens is 1. The summed E-state index contributed by atoms with van der Waals surface area (Å²) in [4.78, 5) is 27.5. The summed E-state index contributed by atoms with van der Waals surface area (Å²) in [6, 6.07) is 12.9. The van der Waals surface area contributed by atoms with Crippen molar-refractivity contribution >= 4 is 22.7 Å². The number of carbonyl (C=O) groups is 2. The van der Waals surface area contributed by atoms with Gasteiger partial charge >= 0.3 is 0 Å². The Hall–Kier alpha value is -3.28. The Morgan fingerprint density at radius 1 is 1.07 bits per heavy atom. The van der Waals surface area contributed by atoms with Crippen molar-refractivity contribution in [1.82, 2.24) is 15.8 Å². The lowest BCUT2D eigenvalue weighted by Gasteiger charge is -2.11. The van der Waals surface area contributed by atoms with Gasteiger partial charge in [0.1, 0.15) is 5.75 Å². The van der Waals surface area contributed by atoms with Crippen LogP contribution in [0.5, 0.6) is 5.75 Å². The van der Waals surface area contributed by atoms with Gasteiger partial charge in [0.2, 0.25) is 0 Å². The van der Waals surface area contributed by atoms with E-state index in [1.165, 1.54) is 0 Å². The maximum atomic E-state index is 12.3. The van der Waals surface area contributed by atoms with E-state index in [4.69, 9.17) is 4.74 Å². The first-order valence-electron chi connectivity index (χ1n) is 8.88. The van der Waals surface area contributed by atoms with Crippen LogP contribution in [-0.2, 0) is 11.2 Å². The third-order valence-electron chi connectivity index (χ3n) is 4.60. The van der Waals surface area contributed by atoms with Gasteiger partial charge in [-0.1, -0.05) is 25.1 Å². The molecule has 3 N–H and O–H groups in total. The first-order valence-corrected chi connectivity index (χ1v) is 8.88. The van der Waals surface area contributed by atoms with E-state index in [0.717, 1.165) is 34.1 Å². The van der Waals surface area contributed by atoms with Crippen LogP contribution in [0.25, 0.3) is 10.9 Å². The van der Waals surface area contributed by atoms with Crippen LogP contribution >= 0.6 is 0 Å². The Kier molecular flexibility index (Phi) is 5.45. The maximum Gasteiger partial charge on any atom is 0.276 e. The van der Waals surface area contributed by atoms with Crippen molar-refractivity contribution in [2.45, 2.75) is 27.2 Å². The fraction of sp³-hybridized carbons (Fsp3) is 0.238. The highest BCUT2D eigenvalue weighted by atomic mass is 16.5. The van der Waals surface area contributed by atoms with E-state index in [-0.39, 0.29) is 12.5 Å². The molecule has 0 aliphatic heterocycles. The predicted octanol–water partition coefficient (Wildman–Crippen LogP) is 3.19. The molecule has 0 aliphatic carbocycles. The minimum absolute atomic E-state index is 0.174. The average Bonchev–Trinajstić information content (AvgIpc) is 2.98. The number of aromatic amines is 1. The lowest BCUT2D eigenvalue weighted by Crippen LogP contribution is -2.43. The van der Waals surface area contributed by atoms with Gasteiger partial charge in [-0.2, -0.15) is 0 Å². The summed E-state index contributed by atoms with van der Waals surface area (Å²) >= 11 is 0. The summed E-state index contributed by atoms with van der Waals surface area (Å²) in [7, 11) is 0. The molecule has 0 radical (unpaired) electrons. The Morgan fingerprint density at radius 3 is 2.63 bits per heavy atom. The third kappa shape index (κ3) is 4.11. The molecule has 140 valence electrons. The first-order chi connectivity index (χ1) is 13.0. The minimum Gasteiger partial charge on any atom is -0.483 e. The molecule has 27 heavy (non-hydrogen) atoms. The second-order valence-corrected chi connectivity index (χ2v) is 6.39. The molecule has 0 atom stereocenters. The topological polar surface area (TPSA) is 83.2 Å². The van der Waals surface area contributed by atoms with E-state index in [9.17, 15) is 9.59 Å². The maximum absolute atomic E-state index is 12.3. The molecule has 0 unspecified atom stereocenters. The predicted molar refractivity (Wildman–Crippen MR) is 105 cm³/mol. The summed E-state index contributed by atoms with van der Waals surface area (Å²) in [6.07, 6.45) is 0.815. The van der Waals surface area contributed by atoms with Crippen LogP contribution in [0.15, 0.2) is 42.5 Å². The van der Waals surface area contributed by atoms with E-state index in [1.54, 1.807) is 6.07 Å². The quantitative estimate of drug-likeness (QED) is 0.607. The highest BCUT2D eigenvalue weighted by Crippen LogP contribution is 2.22. The zero-order valence-corrected chi connectivity index (χ0v) is 15.7. The molecule has 2 amide bonds. The lowest BCUT2D eigenvalue weighted by atomic mass is 10.1. The van der Waals surface area contributed by atoms with Crippen molar-refractivity contribution in [2.24, 2.45) is 0 Å². The van der Waals surface area contributed by atoms with E-state index < -0.39 is 5.91 Å². The van der Waals surface area contributed by atoms with Gasteiger partial charge in [-0.3, -0.25) is 20.4 Å². The molecule has 1 heterocycles. The number of aromatic nitrogens is 1. The van der Waals surface area contributed by atoms with Crippen LogP contribution in [0.3, 0.4) is 0 Å². The van der Waals surface area contributed by atoms with Gasteiger partial charge < -0.3 is 9.72 Å². The number of rotatable bonds is 5. The summed E-state index contributed by atoms with van der Waals surface area (Å²) < 4.78 is 5.54. The fourth-order valence-corrected chi connectivity index (χ4v) is 2.92. The minimum atomic E-state index is -0.427. The number of carbonyl (C=O) groups excluding carboxylic acids is 2. The molecule has 6 heteroatoms. The first kappa shape index (κ1) is 18.5. The molecule has 0 aliphatic rings. The van der Waals surface area contributed by atoms with Crippen LogP contribution in [0.2, 0.25) is 0 Å². The Bertz CT molecular complexity index is 992. The number of benzene rings is 2. The number of aryl methyl sites for hydroxylation is 3. The fourth-order valence-electron chi connectivity index (χ4n) is 2.92. The largest absolute Gasteiger partial charge is 0.483 e. The highest BCUT2D eigenvalue weighted by Gasteiger charge is 2.11. The number of nitrogens with one attached hydrogen (secondary N) is 3. The Balaban J connectivity index is 1.57. The number of fused-ring (bicyclic) bond motifs is 1. The number of hydrogen-bond donors (Lipinski definition) is 3. The van der Waals surface area contributed by atoms with Gasteiger partial charge in [0.05, 0.1) is 0 Å². The lowest BCUT2D eigenvalue weighted by molar-refractivity contribution is -0.123. The van der Waals surface area contributed by atoms with Crippen LogP contribution < -0.4 is 15.6 Å². The van der Waals surface area contributed by atoms with Crippen molar-refractivity contribution < 1.29 is 14.3 Å². The van der Waals surface area contributed by atoms with Crippen LogP contribution in [-0.4, -0.2) is 23.4 Å². The van der Waals surface area contributed by atoms with E-state index in [1.807, 2.05) is 57.2 Å². The highest BCUT2D eigenvalue weighted by molar-refractivity contribution is 5.99. The molecule has 3 aromatic rings. The third-order valence-corrected chi connectivity index (χ3v) is 4.60. The van der Waals surface area contributed by atoms with Gasteiger partial charge in [0, 0.05) is 22.2 Å². The molecular formula is C21H23N3O3. The van der Waals surface area contributed by atoms with Crippen LogP contribution in [0.4, 0.5) is 0 Å². The summed E-state index contributed by atoms with van der Waals surface area (Å²) in [5.41, 5.74) is 9.47. The monoisotopic (exact) mass is 365 g/mol. The number of amides is 2. The smallest absolute Gasteiger partial charge is 0.276 e. The summed E-state index contributed by atoms with van der Waals surface area (Å²) in [5.74, 6) is -0.133. The summed E-state index contributed by atoms with van der Waals surface area (Å²) in [6.45, 7) is 5.84. The molecule has 1 aromatic heterocycles. The summed E-state index contributed by atoms with van der Waals surface area (Å²) in [5, 5.41) is 0.992. The zero-order chi connectivity index (χ0) is 19.4. The molecule has 0 saturated carbocycles. The van der Waals surface area contributed by atoms with Crippen LogP contribution in [0.1, 0.15) is 34.1 Å². The number of hydrogen-bond acceptors (Lipinski definition) is 3. The van der Waals surface area contributed by atoms with Crippen molar-refractivity contribution in [3.05, 3.63) is 64.8 Å². The van der Waals surface area contributed by atoms with Crippen molar-refractivity contribution in [3.8, 4) is 5.75 Å². The number of hydrazine groups is 1.